The Labute approximate surface area is 132 Å². The van der Waals surface area contributed by atoms with Crippen LogP contribution in [0.5, 0.6) is 0 Å². The average molecular weight is 323 g/mol. The monoisotopic (exact) mass is 322 g/mol. The first kappa shape index (κ1) is 16.3. The van der Waals surface area contributed by atoms with Crippen molar-refractivity contribution >= 4 is 17.6 Å². The number of carbonyl (C=O) groups excluding carboxylic acids is 1. The van der Waals surface area contributed by atoms with Crippen molar-refractivity contribution in [2.45, 2.75) is 12.6 Å². The van der Waals surface area contributed by atoms with Crippen LogP contribution >= 0.6 is 11.6 Å². The van der Waals surface area contributed by atoms with Crippen molar-refractivity contribution in [2.24, 2.45) is 0 Å². The lowest BCUT2D eigenvalue weighted by Crippen LogP contribution is -2.38. The number of hydrogen-bond donors (Lipinski definition) is 3. The van der Waals surface area contributed by atoms with E-state index in [9.17, 15) is 14.3 Å². The number of aliphatic hydroxyl groups is 1. The molecule has 3 N–H and O–H groups in total. The molecule has 0 saturated carbocycles. The lowest BCUT2D eigenvalue weighted by Gasteiger charge is -2.17. The van der Waals surface area contributed by atoms with Gasteiger partial charge in [0.15, 0.2) is 0 Å². The van der Waals surface area contributed by atoms with E-state index in [1.165, 1.54) is 12.1 Å². The molecule has 2 amide bonds. The van der Waals surface area contributed by atoms with Crippen molar-refractivity contribution in [2.75, 3.05) is 6.61 Å². The maximum absolute atomic E-state index is 13.0. The molecule has 0 saturated heterocycles. The second-order valence-corrected chi connectivity index (χ2v) is 5.13. The zero-order chi connectivity index (χ0) is 15.9. The Morgan fingerprint density at radius 1 is 1.23 bits per heavy atom. The Balaban J connectivity index is 1.90. The highest BCUT2D eigenvalue weighted by atomic mass is 35.5. The van der Waals surface area contributed by atoms with Crippen molar-refractivity contribution in [1.82, 2.24) is 10.6 Å². The van der Waals surface area contributed by atoms with Crippen LogP contribution in [0.15, 0.2) is 48.5 Å². The minimum absolute atomic E-state index is 0.0113. The third-order valence-electron chi connectivity index (χ3n) is 3.13. The van der Waals surface area contributed by atoms with Gasteiger partial charge in [-0.15, -0.1) is 0 Å². The Kier molecular flexibility index (Phi) is 5.75. The number of urea groups is 1. The topological polar surface area (TPSA) is 61.4 Å². The van der Waals surface area contributed by atoms with Crippen LogP contribution in [0, 0.1) is 5.82 Å². The fourth-order valence-electron chi connectivity index (χ4n) is 1.96. The van der Waals surface area contributed by atoms with Gasteiger partial charge in [0, 0.05) is 6.54 Å². The molecule has 0 aliphatic heterocycles. The smallest absolute Gasteiger partial charge is 0.315 e. The quantitative estimate of drug-likeness (QED) is 0.792. The van der Waals surface area contributed by atoms with Gasteiger partial charge in [0.25, 0.3) is 0 Å². The second-order valence-electron chi connectivity index (χ2n) is 4.72. The zero-order valence-corrected chi connectivity index (χ0v) is 12.5. The predicted octanol–water partition coefficient (Wildman–Crippen LogP) is 3.01. The lowest BCUT2D eigenvalue weighted by molar-refractivity contribution is 0.216. The molecule has 4 nitrogen and oxygen atoms in total. The number of carbonyl (C=O) groups is 1. The number of amides is 2. The number of rotatable bonds is 5. The second kappa shape index (κ2) is 7.77. The summed E-state index contributed by atoms with van der Waals surface area (Å²) < 4.78 is 13.0. The molecule has 22 heavy (non-hydrogen) atoms. The molecule has 0 aromatic heterocycles. The van der Waals surface area contributed by atoms with Crippen LogP contribution in [0.4, 0.5) is 9.18 Å². The van der Waals surface area contributed by atoms with Gasteiger partial charge in [-0.2, -0.15) is 0 Å². The van der Waals surface area contributed by atoms with Crippen molar-refractivity contribution < 1.29 is 14.3 Å². The van der Waals surface area contributed by atoms with Gasteiger partial charge in [-0.25, -0.2) is 9.18 Å². The molecule has 0 radical (unpaired) electrons. The molecule has 0 bridgehead atoms. The van der Waals surface area contributed by atoms with Crippen molar-refractivity contribution in [3.05, 3.63) is 70.5 Å². The van der Waals surface area contributed by atoms with E-state index in [4.69, 9.17) is 11.6 Å². The third kappa shape index (κ3) is 4.44. The van der Waals surface area contributed by atoms with Crippen LogP contribution in [-0.4, -0.2) is 17.7 Å². The lowest BCUT2D eigenvalue weighted by atomic mass is 10.1. The molecule has 116 valence electrons. The van der Waals surface area contributed by atoms with E-state index in [1.54, 1.807) is 6.07 Å². The molecule has 1 unspecified atom stereocenters. The van der Waals surface area contributed by atoms with Gasteiger partial charge in [-0.05, 0) is 23.3 Å². The molecule has 0 aliphatic carbocycles. The molecular formula is C16H16ClFN2O2. The summed E-state index contributed by atoms with van der Waals surface area (Å²) >= 11 is 5.68. The highest BCUT2D eigenvalue weighted by Gasteiger charge is 2.13. The Hall–Kier alpha value is -2.11. The molecule has 0 aliphatic rings. The minimum atomic E-state index is -0.501. The number of benzene rings is 2. The summed E-state index contributed by atoms with van der Waals surface area (Å²) in [5.74, 6) is -0.501. The normalized spacial score (nSPS) is 11.8. The van der Waals surface area contributed by atoms with Gasteiger partial charge < -0.3 is 15.7 Å². The van der Waals surface area contributed by atoms with Gasteiger partial charge in [0.2, 0.25) is 0 Å². The van der Waals surface area contributed by atoms with Crippen LogP contribution in [0.3, 0.4) is 0 Å². The zero-order valence-electron chi connectivity index (χ0n) is 11.7. The molecule has 2 aromatic rings. The summed E-state index contributed by atoms with van der Waals surface area (Å²) in [6.07, 6.45) is 0. The van der Waals surface area contributed by atoms with E-state index in [0.717, 1.165) is 5.56 Å². The molecule has 2 rings (SSSR count). The first-order chi connectivity index (χ1) is 10.6. The van der Waals surface area contributed by atoms with Crippen LogP contribution in [0.25, 0.3) is 0 Å². The van der Waals surface area contributed by atoms with E-state index in [0.29, 0.717) is 5.56 Å². The van der Waals surface area contributed by atoms with Gasteiger partial charge in [-0.3, -0.25) is 0 Å². The number of halogens is 2. The Morgan fingerprint density at radius 2 is 1.95 bits per heavy atom. The van der Waals surface area contributed by atoms with E-state index < -0.39 is 17.9 Å². The van der Waals surface area contributed by atoms with Crippen molar-refractivity contribution in [3.63, 3.8) is 0 Å². The molecule has 0 heterocycles. The first-order valence-electron chi connectivity index (χ1n) is 6.74. The Morgan fingerprint density at radius 3 is 2.59 bits per heavy atom. The maximum atomic E-state index is 13.0. The van der Waals surface area contributed by atoms with Gasteiger partial charge in [0.05, 0.1) is 17.7 Å². The van der Waals surface area contributed by atoms with Gasteiger partial charge in [-0.1, -0.05) is 48.0 Å². The predicted molar refractivity (Wildman–Crippen MR) is 83.1 cm³/mol. The average Bonchev–Trinajstić information content (AvgIpc) is 2.54. The molecule has 6 heteroatoms. The molecule has 0 spiro atoms. The summed E-state index contributed by atoms with van der Waals surface area (Å²) in [4.78, 5) is 11.9. The summed E-state index contributed by atoms with van der Waals surface area (Å²) in [6, 6.07) is 12.5. The van der Waals surface area contributed by atoms with Crippen LogP contribution < -0.4 is 10.6 Å². The van der Waals surface area contributed by atoms with E-state index in [-0.39, 0.29) is 18.2 Å². The first-order valence-corrected chi connectivity index (χ1v) is 7.12. The molecule has 0 fully saturated rings. The maximum Gasteiger partial charge on any atom is 0.315 e. The largest absolute Gasteiger partial charge is 0.394 e. The van der Waals surface area contributed by atoms with Crippen LogP contribution in [0.1, 0.15) is 17.2 Å². The molecule has 1 atom stereocenters. The highest BCUT2D eigenvalue weighted by Crippen LogP contribution is 2.16. The summed E-state index contributed by atoms with van der Waals surface area (Å²) in [7, 11) is 0. The molecule has 2 aromatic carbocycles. The molecular weight excluding hydrogens is 307 g/mol. The number of nitrogens with one attached hydrogen (secondary N) is 2. The SMILES string of the molecule is O=C(NCc1ccc(F)c(Cl)c1)NC(CO)c1ccccc1. The minimum Gasteiger partial charge on any atom is -0.394 e. The van der Waals surface area contributed by atoms with Crippen LogP contribution in [-0.2, 0) is 6.54 Å². The van der Waals surface area contributed by atoms with Crippen molar-refractivity contribution in [3.8, 4) is 0 Å². The fourth-order valence-corrected chi connectivity index (χ4v) is 2.16. The summed E-state index contributed by atoms with van der Waals surface area (Å²) in [5, 5.41) is 14.7. The van der Waals surface area contributed by atoms with Crippen LogP contribution in [0.2, 0.25) is 5.02 Å². The summed E-state index contributed by atoms with van der Waals surface area (Å²) in [6.45, 7) is -0.00141. The third-order valence-corrected chi connectivity index (χ3v) is 3.42. The number of aliphatic hydroxyl groups excluding tert-OH is 1. The van der Waals surface area contributed by atoms with Crippen molar-refractivity contribution in [1.29, 1.82) is 0 Å². The van der Waals surface area contributed by atoms with E-state index >= 15 is 0 Å². The van der Waals surface area contributed by atoms with E-state index in [1.807, 2.05) is 30.3 Å². The fraction of sp³-hybridized carbons (Fsp3) is 0.188. The van der Waals surface area contributed by atoms with Gasteiger partial charge >= 0.3 is 6.03 Å². The summed E-state index contributed by atoms with van der Waals surface area (Å²) in [5.41, 5.74) is 1.49. The Bertz CT molecular complexity index is 637. The number of hydrogen-bond acceptors (Lipinski definition) is 2. The van der Waals surface area contributed by atoms with Gasteiger partial charge in [0.1, 0.15) is 5.82 Å². The highest BCUT2D eigenvalue weighted by molar-refractivity contribution is 6.30. The standard InChI is InChI=1S/C16H16ClFN2O2/c17-13-8-11(6-7-14(13)18)9-19-16(22)20-15(10-21)12-4-2-1-3-5-12/h1-8,15,21H,9-10H2,(H2,19,20,22). The van der Waals surface area contributed by atoms with E-state index in [2.05, 4.69) is 10.6 Å².